The third-order valence-electron chi connectivity index (χ3n) is 0.354. The summed E-state index contributed by atoms with van der Waals surface area (Å²) in [6.07, 6.45) is 0. The van der Waals surface area contributed by atoms with E-state index in [-0.39, 0.29) is 11.0 Å². The van der Waals surface area contributed by atoms with Crippen molar-refractivity contribution in [3.63, 3.8) is 0 Å². The van der Waals surface area contributed by atoms with Crippen molar-refractivity contribution >= 4 is 11.0 Å². The molecule has 0 radical (unpaired) electrons. The second-order valence-electron chi connectivity index (χ2n) is 0.610. The minimum atomic E-state index is -1.71. The van der Waals surface area contributed by atoms with E-state index >= 15 is 0 Å². The monoisotopic (exact) mass is 227 g/mol. The fraction of sp³-hybridized carbons (Fsp3) is 1.00. The Morgan fingerprint density at radius 1 is 0.875 bits per heavy atom. The first kappa shape index (κ1) is 11.5. The zero-order valence-electron chi connectivity index (χ0n) is 4.58. The molecule has 5 heteroatoms. The van der Waals surface area contributed by atoms with Crippen molar-refractivity contribution in [2.45, 2.75) is 0 Å². The Labute approximate surface area is 60.4 Å². The zero-order chi connectivity index (χ0) is 5.70. The van der Waals surface area contributed by atoms with Gasteiger partial charge in [0, 0.05) is 0 Å². The van der Waals surface area contributed by atoms with Crippen molar-refractivity contribution in [1.82, 2.24) is 0 Å². The van der Waals surface area contributed by atoms with Crippen LogP contribution in [-0.4, -0.2) is 32.3 Å². The molecule has 0 aliphatic carbocycles. The molecule has 55 valence electrons. The predicted octanol–water partition coefficient (Wildman–Crippen LogP) is -1.16. The molecule has 0 N–H and O–H groups in total. The summed E-state index contributed by atoms with van der Waals surface area (Å²) in [4.78, 5) is 0. The van der Waals surface area contributed by atoms with E-state index in [1.165, 1.54) is 0 Å². The topological polar surface area (TPSA) is 27.7 Å². The first-order valence-corrected chi connectivity index (χ1v) is 3.79. The molecule has 0 heterocycles. The molecule has 0 rings (SSSR count). The largest absolute Gasteiger partial charge is 0.0149 e. The van der Waals surface area contributed by atoms with Crippen molar-refractivity contribution in [3.05, 3.63) is 0 Å². The first-order chi connectivity index (χ1) is 3.35. The van der Waals surface area contributed by atoms with Gasteiger partial charge >= 0.3 is 49.1 Å². The second-order valence-corrected chi connectivity index (χ2v) is 3.61. The summed E-state index contributed by atoms with van der Waals surface area (Å²) in [6, 6.07) is 0. The quantitative estimate of drug-likeness (QED) is 0.568. The van der Waals surface area contributed by atoms with Crippen LogP contribution in [0.4, 0.5) is 0 Å². The predicted molar refractivity (Wildman–Crippen MR) is 32.4 cm³/mol. The molecular weight excluding hydrogens is 213 g/mol. The SMILES string of the molecule is C[O][Ru]([O]C)[O]C.[SiH4]. The van der Waals surface area contributed by atoms with Crippen molar-refractivity contribution in [1.29, 1.82) is 0 Å². The van der Waals surface area contributed by atoms with Crippen LogP contribution in [0, 0.1) is 0 Å². The molecule has 0 atom stereocenters. The Hall–Kier alpha value is 0.720. The third-order valence-corrected chi connectivity index (χ3v) is 2.09. The molecule has 0 aromatic carbocycles. The molecule has 0 saturated heterocycles. The molecule has 0 bridgehead atoms. The van der Waals surface area contributed by atoms with Gasteiger partial charge in [0.2, 0.25) is 0 Å². The molecule has 0 aromatic rings. The Balaban J connectivity index is 0. The Kier molecular flexibility index (Phi) is 11.1. The maximum Gasteiger partial charge on any atom is -0.0149 e. The van der Waals surface area contributed by atoms with Gasteiger partial charge in [0.1, 0.15) is 0 Å². The van der Waals surface area contributed by atoms with E-state index in [4.69, 9.17) is 10.7 Å². The second kappa shape index (κ2) is 7.72. The van der Waals surface area contributed by atoms with Crippen LogP contribution in [0.15, 0.2) is 0 Å². The number of hydrogen-bond donors (Lipinski definition) is 0. The number of rotatable bonds is 3. The molecule has 0 aromatic heterocycles. The Morgan fingerprint density at radius 3 is 1.12 bits per heavy atom. The van der Waals surface area contributed by atoms with E-state index in [2.05, 4.69) is 0 Å². The first-order valence-electron chi connectivity index (χ1n) is 1.66. The average molecular weight is 226 g/mol. The summed E-state index contributed by atoms with van der Waals surface area (Å²) in [6.45, 7) is 0. The van der Waals surface area contributed by atoms with Gasteiger partial charge in [0.15, 0.2) is 0 Å². The summed E-state index contributed by atoms with van der Waals surface area (Å²) < 4.78 is 14.2. The molecule has 0 unspecified atom stereocenters. The van der Waals surface area contributed by atoms with E-state index in [1.807, 2.05) is 0 Å². The number of hydrogen-bond acceptors (Lipinski definition) is 3. The molecule has 0 aliphatic heterocycles. The van der Waals surface area contributed by atoms with Crippen LogP contribution in [0.1, 0.15) is 0 Å². The van der Waals surface area contributed by atoms with Crippen LogP contribution in [-0.2, 0) is 27.7 Å². The molecule has 8 heavy (non-hydrogen) atoms. The minimum Gasteiger partial charge on any atom is -0.0149 e. The van der Waals surface area contributed by atoms with Gasteiger partial charge < -0.3 is 0 Å². The Morgan fingerprint density at radius 2 is 1.12 bits per heavy atom. The summed E-state index contributed by atoms with van der Waals surface area (Å²) in [5.74, 6) is 0. The Bertz CT molecular complexity index is 36.0. The van der Waals surface area contributed by atoms with Crippen molar-refractivity contribution < 1.29 is 27.7 Å². The van der Waals surface area contributed by atoms with Crippen LogP contribution in [0.25, 0.3) is 0 Å². The molecule has 0 saturated carbocycles. The van der Waals surface area contributed by atoms with E-state index in [1.54, 1.807) is 21.3 Å². The van der Waals surface area contributed by atoms with Gasteiger partial charge in [-0.3, -0.25) is 0 Å². The zero-order valence-corrected chi connectivity index (χ0v) is 6.32. The van der Waals surface area contributed by atoms with Crippen LogP contribution < -0.4 is 0 Å². The van der Waals surface area contributed by atoms with Gasteiger partial charge in [-0.1, -0.05) is 0 Å². The van der Waals surface area contributed by atoms with Gasteiger partial charge in [-0.2, -0.15) is 0 Å². The van der Waals surface area contributed by atoms with Crippen molar-refractivity contribution in [2.75, 3.05) is 21.3 Å². The van der Waals surface area contributed by atoms with E-state index in [9.17, 15) is 0 Å². The maximum absolute atomic E-state index is 4.75. The maximum atomic E-state index is 4.75. The van der Waals surface area contributed by atoms with Crippen molar-refractivity contribution in [2.24, 2.45) is 0 Å². The summed E-state index contributed by atoms with van der Waals surface area (Å²) in [7, 11) is 4.73. The summed E-state index contributed by atoms with van der Waals surface area (Å²) in [5.41, 5.74) is 0. The summed E-state index contributed by atoms with van der Waals surface area (Å²) >= 11 is -1.71. The van der Waals surface area contributed by atoms with Gasteiger partial charge in [-0.25, -0.2) is 0 Å². The van der Waals surface area contributed by atoms with Gasteiger partial charge in [0.05, 0.1) is 0 Å². The molecule has 0 spiro atoms. The molecule has 3 nitrogen and oxygen atoms in total. The normalized spacial score (nSPS) is 10.1. The fourth-order valence-corrected chi connectivity index (χ4v) is 1.05. The summed E-state index contributed by atoms with van der Waals surface area (Å²) in [5, 5.41) is 0. The van der Waals surface area contributed by atoms with Crippen LogP contribution in [0.2, 0.25) is 0 Å². The van der Waals surface area contributed by atoms with Gasteiger partial charge in [-0.05, 0) is 11.0 Å². The van der Waals surface area contributed by atoms with E-state index in [0.717, 1.165) is 0 Å². The van der Waals surface area contributed by atoms with Gasteiger partial charge in [0.25, 0.3) is 0 Å². The van der Waals surface area contributed by atoms with E-state index in [0.29, 0.717) is 0 Å². The smallest absolute Gasteiger partial charge is 0.0149 e. The van der Waals surface area contributed by atoms with Crippen molar-refractivity contribution in [3.8, 4) is 0 Å². The third kappa shape index (κ3) is 4.87. The minimum absolute atomic E-state index is 0. The molecule has 0 aliphatic rings. The standard InChI is InChI=1S/3CH3O.Ru.H4Si/c3*1-2;;/h3*1H3;;1H4/q3*-1;+3;. The van der Waals surface area contributed by atoms with Crippen LogP contribution >= 0.6 is 0 Å². The molecular formula is C3H13O3RuSi. The fourth-order valence-electron chi connectivity index (χ4n) is 0.177. The van der Waals surface area contributed by atoms with Gasteiger partial charge in [-0.15, -0.1) is 0 Å². The van der Waals surface area contributed by atoms with Crippen LogP contribution in [0.3, 0.4) is 0 Å². The average Bonchev–Trinajstić information content (AvgIpc) is 1.72. The van der Waals surface area contributed by atoms with E-state index < -0.39 is 17.0 Å². The molecule has 0 amide bonds. The molecule has 0 fully saturated rings. The van der Waals surface area contributed by atoms with Crippen LogP contribution in [0.5, 0.6) is 0 Å².